The largest absolute Gasteiger partial charge is 0.423 e. The number of nitrogens with zero attached hydrogens (tertiary/aromatic N) is 1. The van der Waals surface area contributed by atoms with Crippen LogP contribution in [0, 0.1) is 0 Å². The predicted molar refractivity (Wildman–Crippen MR) is 104 cm³/mol. The highest BCUT2D eigenvalue weighted by Gasteiger charge is 2.08. The van der Waals surface area contributed by atoms with Gasteiger partial charge >= 0.3 is 5.97 Å². The van der Waals surface area contributed by atoms with Crippen LogP contribution in [0.5, 0.6) is 5.75 Å². The number of aliphatic imine (C=N–C) groups is 1. The minimum Gasteiger partial charge on any atom is -0.423 e. The van der Waals surface area contributed by atoms with E-state index < -0.39 is 5.97 Å². The molecule has 3 rings (SSSR count). The number of ether oxygens (including phenoxy) is 1. The third kappa shape index (κ3) is 5.02. The Hall–Kier alpha value is -2.43. The first-order chi connectivity index (χ1) is 12.1. The highest BCUT2D eigenvalue weighted by atomic mass is 79.9. The van der Waals surface area contributed by atoms with Gasteiger partial charge in [0.25, 0.3) is 0 Å². The maximum atomic E-state index is 12.1. The molecule has 25 heavy (non-hydrogen) atoms. The monoisotopic (exact) mass is 413 g/mol. The van der Waals surface area contributed by atoms with Gasteiger partial charge in [-0.3, -0.25) is 4.99 Å². The Bertz CT molecular complexity index is 888. The zero-order valence-corrected chi connectivity index (χ0v) is 15.4. The average molecular weight is 415 g/mol. The highest BCUT2D eigenvalue weighted by Crippen LogP contribution is 2.18. The van der Waals surface area contributed by atoms with E-state index >= 15 is 0 Å². The van der Waals surface area contributed by atoms with Crippen molar-refractivity contribution in [1.82, 2.24) is 0 Å². The third-order valence-corrected chi connectivity index (χ3v) is 4.14. The van der Waals surface area contributed by atoms with Gasteiger partial charge in [0, 0.05) is 15.7 Å². The molecule has 0 unspecified atom stereocenters. The number of rotatable bonds is 4. The minimum absolute atomic E-state index is 0.423. The van der Waals surface area contributed by atoms with Crippen molar-refractivity contribution in [2.45, 2.75) is 0 Å². The fourth-order valence-electron chi connectivity index (χ4n) is 2.05. The molecule has 0 saturated carbocycles. The Morgan fingerprint density at radius 3 is 2.20 bits per heavy atom. The molecule has 0 N–H and O–H groups in total. The number of esters is 1. The Kier molecular flexibility index (Phi) is 5.64. The Balaban J connectivity index is 1.64. The van der Waals surface area contributed by atoms with Gasteiger partial charge in [-0.25, -0.2) is 4.79 Å². The second kappa shape index (κ2) is 8.10. The number of hydrogen-bond donors (Lipinski definition) is 0. The Labute approximate surface area is 159 Å². The molecule has 0 saturated heterocycles. The average Bonchev–Trinajstić information content (AvgIpc) is 2.63. The maximum absolute atomic E-state index is 12.1. The molecule has 0 amide bonds. The lowest BCUT2D eigenvalue weighted by Gasteiger charge is -2.04. The topological polar surface area (TPSA) is 38.7 Å². The summed E-state index contributed by atoms with van der Waals surface area (Å²) in [5.74, 6) is 0.0497. The lowest BCUT2D eigenvalue weighted by molar-refractivity contribution is 0.0735. The fourth-order valence-corrected chi connectivity index (χ4v) is 2.44. The summed E-state index contributed by atoms with van der Waals surface area (Å²) in [5, 5.41) is 0.575. The van der Waals surface area contributed by atoms with Crippen LogP contribution >= 0.6 is 27.5 Å². The second-order valence-electron chi connectivity index (χ2n) is 5.20. The Morgan fingerprint density at radius 2 is 1.56 bits per heavy atom. The van der Waals surface area contributed by atoms with Crippen LogP contribution in [0.25, 0.3) is 0 Å². The summed E-state index contributed by atoms with van der Waals surface area (Å²) < 4.78 is 6.35. The van der Waals surface area contributed by atoms with Crippen molar-refractivity contribution in [3.05, 3.63) is 93.4 Å². The molecule has 0 aromatic heterocycles. The van der Waals surface area contributed by atoms with Crippen LogP contribution in [0.3, 0.4) is 0 Å². The van der Waals surface area contributed by atoms with Gasteiger partial charge in [0.05, 0.1) is 11.3 Å². The Morgan fingerprint density at radius 1 is 0.920 bits per heavy atom. The molecule has 0 aliphatic rings. The lowest BCUT2D eigenvalue weighted by Crippen LogP contribution is -2.08. The number of benzene rings is 3. The van der Waals surface area contributed by atoms with E-state index in [0.29, 0.717) is 16.3 Å². The van der Waals surface area contributed by atoms with Gasteiger partial charge < -0.3 is 4.74 Å². The molecular formula is C20H13BrClNO2. The van der Waals surface area contributed by atoms with Crippen LogP contribution in [0.15, 0.2) is 82.3 Å². The summed E-state index contributed by atoms with van der Waals surface area (Å²) in [6.45, 7) is 0. The second-order valence-corrected chi connectivity index (χ2v) is 6.55. The van der Waals surface area contributed by atoms with Gasteiger partial charge in [-0.15, -0.1) is 0 Å². The normalized spacial score (nSPS) is 10.8. The van der Waals surface area contributed by atoms with E-state index in [0.717, 1.165) is 15.7 Å². The van der Waals surface area contributed by atoms with Gasteiger partial charge in [-0.1, -0.05) is 27.5 Å². The van der Waals surface area contributed by atoms with Crippen LogP contribution in [-0.4, -0.2) is 12.2 Å². The molecule has 0 atom stereocenters. The zero-order chi connectivity index (χ0) is 17.6. The third-order valence-electron chi connectivity index (χ3n) is 3.36. The minimum atomic E-state index is -0.423. The summed E-state index contributed by atoms with van der Waals surface area (Å²) in [6.07, 6.45) is 1.76. The van der Waals surface area contributed by atoms with Gasteiger partial charge in [0.1, 0.15) is 5.75 Å². The van der Waals surface area contributed by atoms with Crippen LogP contribution in [-0.2, 0) is 0 Å². The van der Waals surface area contributed by atoms with E-state index in [2.05, 4.69) is 20.9 Å². The molecule has 0 fully saturated rings. The first-order valence-electron chi connectivity index (χ1n) is 7.47. The van der Waals surface area contributed by atoms with E-state index in [4.69, 9.17) is 16.3 Å². The van der Waals surface area contributed by atoms with E-state index in [9.17, 15) is 4.79 Å². The molecule has 3 aromatic rings. The molecular weight excluding hydrogens is 402 g/mol. The first kappa shape index (κ1) is 17.4. The molecule has 0 aliphatic heterocycles. The first-order valence-corrected chi connectivity index (χ1v) is 8.65. The van der Waals surface area contributed by atoms with Crippen molar-refractivity contribution in [2.75, 3.05) is 0 Å². The molecule has 3 nitrogen and oxygen atoms in total. The molecule has 0 bridgehead atoms. The van der Waals surface area contributed by atoms with E-state index in [1.165, 1.54) is 0 Å². The van der Waals surface area contributed by atoms with Crippen LogP contribution < -0.4 is 4.74 Å². The summed E-state index contributed by atoms with van der Waals surface area (Å²) in [4.78, 5) is 16.5. The smallest absolute Gasteiger partial charge is 0.343 e. The van der Waals surface area contributed by atoms with E-state index in [-0.39, 0.29) is 0 Å². The predicted octanol–water partition coefficient (Wildman–Crippen LogP) is 6.07. The van der Waals surface area contributed by atoms with Crippen molar-refractivity contribution in [2.24, 2.45) is 4.99 Å². The number of carbonyl (C=O) groups is 1. The van der Waals surface area contributed by atoms with Crippen molar-refractivity contribution < 1.29 is 9.53 Å². The lowest BCUT2D eigenvalue weighted by atomic mass is 10.2. The fraction of sp³-hybridized carbons (Fsp3) is 0. The van der Waals surface area contributed by atoms with E-state index in [1.54, 1.807) is 42.6 Å². The van der Waals surface area contributed by atoms with Gasteiger partial charge in [0.2, 0.25) is 0 Å². The number of halogens is 2. The van der Waals surface area contributed by atoms with Crippen molar-refractivity contribution in [1.29, 1.82) is 0 Å². The van der Waals surface area contributed by atoms with Crippen LogP contribution in [0.1, 0.15) is 15.9 Å². The van der Waals surface area contributed by atoms with Crippen LogP contribution in [0.4, 0.5) is 5.69 Å². The molecule has 0 spiro atoms. The molecule has 0 aliphatic carbocycles. The summed E-state index contributed by atoms with van der Waals surface area (Å²) in [7, 11) is 0. The van der Waals surface area contributed by atoms with Gasteiger partial charge in [0.15, 0.2) is 0 Å². The van der Waals surface area contributed by atoms with Crippen LogP contribution in [0.2, 0.25) is 5.02 Å². The molecule has 0 heterocycles. The van der Waals surface area contributed by atoms with Gasteiger partial charge in [-0.2, -0.15) is 0 Å². The van der Waals surface area contributed by atoms with Crippen molar-refractivity contribution in [3.63, 3.8) is 0 Å². The SMILES string of the molecule is O=C(Oc1ccc(C=Nc2ccc(Br)cc2)cc1)c1ccc(Cl)cc1. The molecule has 0 radical (unpaired) electrons. The number of hydrogen-bond acceptors (Lipinski definition) is 3. The quantitative estimate of drug-likeness (QED) is 0.295. The van der Waals surface area contributed by atoms with E-state index in [1.807, 2.05) is 36.4 Å². The van der Waals surface area contributed by atoms with Crippen molar-refractivity contribution >= 4 is 45.4 Å². The molecule has 124 valence electrons. The highest BCUT2D eigenvalue weighted by molar-refractivity contribution is 9.10. The zero-order valence-electron chi connectivity index (χ0n) is 13.0. The summed E-state index contributed by atoms with van der Waals surface area (Å²) >= 11 is 9.20. The van der Waals surface area contributed by atoms with Crippen molar-refractivity contribution in [3.8, 4) is 5.75 Å². The standard InChI is InChI=1S/C20H13BrClNO2/c21-16-5-9-18(10-6-16)23-13-14-1-11-19(12-2-14)25-20(24)15-3-7-17(22)8-4-15/h1-13H. The molecule has 3 aromatic carbocycles. The molecule has 5 heteroatoms. The maximum Gasteiger partial charge on any atom is 0.343 e. The summed E-state index contributed by atoms with van der Waals surface area (Å²) in [5.41, 5.74) is 2.22. The summed E-state index contributed by atoms with van der Waals surface area (Å²) in [6, 6.07) is 21.4. The number of carbonyl (C=O) groups excluding carboxylic acids is 1. The van der Waals surface area contributed by atoms with Gasteiger partial charge in [-0.05, 0) is 78.4 Å².